The number of imidazole rings is 1. The highest BCUT2D eigenvalue weighted by atomic mass is 19.1. The third-order valence-corrected chi connectivity index (χ3v) is 8.55. The zero-order valence-corrected chi connectivity index (χ0v) is 23.8. The predicted molar refractivity (Wildman–Crippen MR) is 155 cm³/mol. The van der Waals surface area contributed by atoms with Gasteiger partial charge in [-0.15, -0.1) is 0 Å². The van der Waals surface area contributed by atoms with E-state index in [9.17, 15) is 9.18 Å². The normalized spacial score (nSPS) is 21.1. The second-order valence-electron chi connectivity index (χ2n) is 11.2. The highest BCUT2D eigenvalue weighted by molar-refractivity contribution is 5.93. The van der Waals surface area contributed by atoms with Crippen LogP contribution in [0.25, 0.3) is 11.0 Å². The number of rotatable bonds is 9. The molecule has 4 aromatic rings. The van der Waals surface area contributed by atoms with E-state index in [0.717, 1.165) is 55.2 Å². The number of carbonyl (C=O) groups is 1. The number of nitriles is 1. The number of esters is 1. The molecule has 1 aliphatic carbocycles. The molecular formula is C32H31FN6O4. The lowest BCUT2D eigenvalue weighted by Crippen LogP contribution is -2.46. The number of hydrogen-bond acceptors (Lipinski definition) is 9. The Kier molecular flexibility index (Phi) is 7.16. The Morgan fingerprint density at radius 2 is 2.02 bits per heavy atom. The molecule has 0 spiro atoms. The molecule has 0 N–H and O–H groups in total. The van der Waals surface area contributed by atoms with Gasteiger partial charge >= 0.3 is 5.97 Å². The number of piperazine rings is 1. The second-order valence-corrected chi connectivity index (χ2v) is 11.2. The second kappa shape index (κ2) is 11.3. The largest absolute Gasteiger partial charge is 0.473 e. The number of carbonyl (C=O) groups excluding carboxylic acids is 1. The van der Waals surface area contributed by atoms with Gasteiger partial charge in [-0.1, -0.05) is 12.1 Å². The Hall–Kier alpha value is -4.53. The standard InChI is InChI=1S/C32H31FN6O4/c1-41-32(40)21-7-8-25-26(14-21)39(17-23-9-12-42-23)30(35-25)18-37-10-11-38(28-15-27(28)37)29-3-2-4-31(36-29)43-19-22-6-5-20(16-34)13-24(22)33/h2-8,13-14,23,27-28H,9-12,15,17-19H2,1H3. The first-order valence-corrected chi connectivity index (χ1v) is 14.5. The molecular weight excluding hydrogens is 551 g/mol. The smallest absolute Gasteiger partial charge is 0.337 e. The Bertz CT molecular complexity index is 1730. The fraction of sp³-hybridized carbons (Fsp3) is 0.375. The van der Waals surface area contributed by atoms with Crippen LogP contribution in [-0.4, -0.2) is 70.4 Å². The fourth-order valence-corrected chi connectivity index (χ4v) is 6.03. The van der Waals surface area contributed by atoms with E-state index < -0.39 is 5.82 Å². The molecule has 43 heavy (non-hydrogen) atoms. The molecule has 11 heteroatoms. The summed E-state index contributed by atoms with van der Waals surface area (Å²) in [4.78, 5) is 26.7. The van der Waals surface area contributed by atoms with Crippen LogP contribution in [0.2, 0.25) is 0 Å². The minimum Gasteiger partial charge on any atom is -0.473 e. The van der Waals surface area contributed by atoms with Crippen molar-refractivity contribution < 1.29 is 23.4 Å². The lowest BCUT2D eigenvalue weighted by atomic mass is 10.1. The van der Waals surface area contributed by atoms with E-state index in [4.69, 9.17) is 29.4 Å². The number of fused-ring (bicyclic) bond motifs is 2. The molecule has 0 amide bonds. The van der Waals surface area contributed by atoms with Gasteiger partial charge in [-0.05, 0) is 49.2 Å². The predicted octanol–water partition coefficient (Wildman–Crippen LogP) is 4.06. The van der Waals surface area contributed by atoms with E-state index in [0.29, 0.717) is 42.2 Å². The third-order valence-electron chi connectivity index (χ3n) is 8.55. The summed E-state index contributed by atoms with van der Waals surface area (Å²) in [7, 11) is 1.39. The van der Waals surface area contributed by atoms with Crippen LogP contribution in [0.5, 0.6) is 5.88 Å². The number of hydrogen-bond donors (Lipinski definition) is 0. The molecule has 220 valence electrons. The molecule has 2 aromatic heterocycles. The third kappa shape index (κ3) is 5.40. The van der Waals surface area contributed by atoms with Crippen molar-refractivity contribution in [2.45, 2.75) is 50.7 Å². The Balaban J connectivity index is 1.04. The summed E-state index contributed by atoms with van der Waals surface area (Å²) in [5, 5.41) is 8.96. The van der Waals surface area contributed by atoms with Crippen molar-refractivity contribution in [2.24, 2.45) is 0 Å². The maximum Gasteiger partial charge on any atom is 0.337 e. The first kappa shape index (κ1) is 27.3. The number of nitrogens with zero attached hydrogens (tertiary/aromatic N) is 6. The SMILES string of the molecule is COC(=O)c1ccc2nc(CN3CCN(c4cccc(OCc5ccc(C#N)cc5F)n4)C4CC43)n(CC3CCO3)c2c1. The summed E-state index contributed by atoms with van der Waals surface area (Å²) in [6.07, 6.45) is 2.19. The summed E-state index contributed by atoms with van der Waals surface area (Å²) in [6, 6.07) is 18.2. The highest BCUT2D eigenvalue weighted by Crippen LogP contribution is 2.40. The molecule has 0 bridgehead atoms. The number of anilines is 1. The quantitative estimate of drug-likeness (QED) is 0.270. The van der Waals surface area contributed by atoms with Gasteiger partial charge in [0, 0.05) is 43.4 Å². The van der Waals surface area contributed by atoms with E-state index >= 15 is 0 Å². The summed E-state index contributed by atoms with van der Waals surface area (Å²) >= 11 is 0. The maximum absolute atomic E-state index is 14.3. The van der Waals surface area contributed by atoms with E-state index in [1.165, 1.54) is 13.2 Å². The van der Waals surface area contributed by atoms with Gasteiger partial charge in [0.15, 0.2) is 0 Å². The van der Waals surface area contributed by atoms with Crippen LogP contribution in [0.4, 0.5) is 10.2 Å². The molecule has 4 heterocycles. The zero-order chi connectivity index (χ0) is 29.5. The van der Waals surface area contributed by atoms with Gasteiger partial charge < -0.3 is 23.7 Å². The number of methoxy groups -OCH3 is 1. The molecule has 3 atom stereocenters. The molecule has 3 aliphatic rings. The van der Waals surface area contributed by atoms with Gasteiger partial charge in [0.2, 0.25) is 5.88 Å². The number of halogens is 1. The van der Waals surface area contributed by atoms with E-state index in [1.54, 1.807) is 24.3 Å². The van der Waals surface area contributed by atoms with E-state index in [2.05, 4.69) is 14.4 Å². The van der Waals surface area contributed by atoms with Crippen LogP contribution < -0.4 is 9.64 Å². The first-order chi connectivity index (χ1) is 21.0. The van der Waals surface area contributed by atoms with Gasteiger partial charge in [0.1, 0.15) is 24.1 Å². The van der Waals surface area contributed by atoms with Crippen molar-refractivity contribution >= 4 is 22.8 Å². The molecule has 1 saturated carbocycles. The van der Waals surface area contributed by atoms with Gasteiger partial charge in [0.05, 0.1) is 54.5 Å². The van der Waals surface area contributed by atoms with Crippen LogP contribution in [0, 0.1) is 17.1 Å². The van der Waals surface area contributed by atoms with Crippen molar-refractivity contribution in [1.29, 1.82) is 5.26 Å². The molecule has 10 nitrogen and oxygen atoms in total. The highest BCUT2D eigenvalue weighted by Gasteiger charge is 2.49. The summed E-state index contributed by atoms with van der Waals surface area (Å²) in [5.41, 5.74) is 2.93. The van der Waals surface area contributed by atoms with E-state index in [1.807, 2.05) is 30.3 Å². The molecule has 2 aromatic carbocycles. The van der Waals surface area contributed by atoms with Crippen LogP contribution >= 0.6 is 0 Å². The van der Waals surface area contributed by atoms with Crippen LogP contribution in [-0.2, 0) is 29.2 Å². The number of ether oxygens (including phenoxy) is 3. The Morgan fingerprint density at radius 1 is 1.14 bits per heavy atom. The lowest BCUT2D eigenvalue weighted by molar-refractivity contribution is -0.0592. The molecule has 3 fully saturated rings. The van der Waals surface area contributed by atoms with Crippen molar-refractivity contribution in [3.8, 4) is 11.9 Å². The van der Waals surface area contributed by atoms with Gasteiger partial charge in [-0.3, -0.25) is 4.90 Å². The summed E-state index contributed by atoms with van der Waals surface area (Å²) in [6.45, 7) is 3.87. The maximum atomic E-state index is 14.3. The van der Waals surface area contributed by atoms with Crippen LogP contribution in [0.1, 0.15) is 40.2 Å². The van der Waals surface area contributed by atoms with Crippen molar-refractivity contribution in [1.82, 2.24) is 19.4 Å². The molecule has 2 saturated heterocycles. The van der Waals surface area contributed by atoms with Gasteiger partial charge in [0.25, 0.3) is 0 Å². The Labute approximate surface area is 248 Å². The fourth-order valence-electron chi connectivity index (χ4n) is 6.03. The minimum atomic E-state index is -0.468. The average molecular weight is 583 g/mol. The number of benzene rings is 2. The molecule has 0 radical (unpaired) electrons. The monoisotopic (exact) mass is 582 g/mol. The Morgan fingerprint density at radius 3 is 2.79 bits per heavy atom. The van der Waals surface area contributed by atoms with Gasteiger partial charge in [-0.2, -0.15) is 10.2 Å². The van der Waals surface area contributed by atoms with Crippen LogP contribution in [0.15, 0.2) is 54.6 Å². The first-order valence-electron chi connectivity index (χ1n) is 14.5. The number of aromatic nitrogens is 3. The average Bonchev–Trinajstić information content (AvgIpc) is 3.74. The summed E-state index contributed by atoms with van der Waals surface area (Å²) in [5.74, 6) is 1.41. The van der Waals surface area contributed by atoms with Crippen molar-refractivity contribution in [2.75, 3.05) is 31.7 Å². The number of pyridine rings is 1. The lowest BCUT2D eigenvalue weighted by Gasteiger charge is -2.35. The topological polar surface area (TPSA) is 106 Å². The van der Waals surface area contributed by atoms with Crippen molar-refractivity contribution in [3.63, 3.8) is 0 Å². The van der Waals surface area contributed by atoms with E-state index in [-0.39, 0.29) is 24.2 Å². The van der Waals surface area contributed by atoms with Gasteiger partial charge in [-0.25, -0.2) is 14.2 Å². The summed E-state index contributed by atoms with van der Waals surface area (Å²) < 4.78 is 33.0. The minimum absolute atomic E-state index is 0.0296. The van der Waals surface area contributed by atoms with Crippen molar-refractivity contribution in [3.05, 3.63) is 82.9 Å². The molecule has 3 unspecified atom stereocenters. The van der Waals surface area contributed by atoms with Crippen LogP contribution in [0.3, 0.4) is 0 Å². The molecule has 2 aliphatic heterocycles. The zero-order valence-electron chi connectivity index (χ0n) is 23.8. The molecule has 7 rings (SSSR count).